The van der Waals surface area contributed by atoms with Gasteiger partial charge < -0.3 is 5.32 Å². The van der Waals surface area contributed by atoms with Crippen LogP contribution in [0.4, 0.5) is 31.9 Å². The molecule has 2 aromatic rings. The van der Waals surface area contributed by atoms with Crippen LogP contribution in [0.5, 0.6) is 0 Å². The van der Waals surface area contributed by atoms with Crippen LogP contribution in [0.15, 0.2) is 36.4 Å². The van der Waals surface area contributed by atoms with Gasteiger partial charge in [-0.05, 0) is 62.1 Å². The van der Waals surface area contributed by atoms with Crippen molar-refractivity contribution < 1.29 is 18.8 Å². The molecule has 152 valence electrons. The first-order chi connectivity index (χ1) is 14.3. The van der Waals surface area contributed by atoms with Crippen molar-refractivity contribution in [2.24, 2.45) is 0 Å². The zero-order valence-corrected chi connectivity index (χ0v) is 16.5. The lowest BCUT2D eigenvalue weighted by Gasteiger charge is -2.42. The van der Waals surface area contributed by atoms with Crippen molar-refractivity contribution in [2.75, 3.05) is 15.1 Å². The summed E-state index contributed by atoms with van der Waals surface area (Å²) in [5.74, 6) is -1.44. The van der Waals surface area contributed by atoms with Gasteiger partial charge in [-0.25, -0.2) is 18.9 Å². The quantitative estimate of drug-likeness (QED) is 0.601. The Morgan fingerprint density at radius 2 is 1.87 bits per heavy atom. The second-order valence-electron chi connectivity index (χ2n) is 7.57. The normalized spacial score (nSPS) is 17.1. The summed E-state index contributed by atoms with van der Waals surface area (Å²) in [5, 5.41) is 2.39. The first-order valence-corrected chi connectivity index (χ1v) is 9.52. The largest absolute Gasteiger partial charge is 0.336 e. The third kappa shape index (κ3) is 2.82. The van der Waals surface area contributed by atoms with E-state index in [0.717, 1.165) is 17.4 Å². The van der Waals surface area contributed by atoms with Gasteiger partial charge in [0.05, 0.1) is 17.9 Å². The number of benzene rings is 2. The van der Waals surface area contributed by atoms with Crippen LogP contribution >= 0.6 is 0 Å². The van der Waals surface area contributed by atoms with Gasteiger partial charge in [0.25, 0.3) is 5.91 Å². The Morgan fingerprint density at radius 3 is 2.40 bits per heavy atom. The number of amides is 4. The lowest BCUT2D eigenvalue weighted by molar-refractivity contribution is -0.124. The maximum absolute atomic E-state index is 14.5. The molecule has 1 aliphatic heterocycles. The van der Waals surface area contributed by atoms with Crippen LogP contribution in [0.3, 0.4) is 0 Å². The molecule has 0 atom stereocenters. The average Bonchev–Trinajstić information content (AvgIpc) is 2.90. The number of hydrogen-bond acceptors (Lipinski definition) is 3. The summed E-state index contributed by atoms with van der Waals surface area (Å²) in [6.45, 7) is 10.2. The molecule has 1 N–H and O–H groups in total. The molecule has 7 nitrogen and oxygen atoms in total. The Balaban J connectivity index is 1.76. The van der Waals surface area contributed by atoms with Gasteiger partial charge in [0, 0.05) is 12.6 Å². The van der Waals surface area contributed by atoms with Crippen LogP contribution in [0.25, 0.3) is 4.85 Å². The number of rotatable bonds is 3. The topological polar surface area (TPSA) is 74.1 Å². The van der Waals surface area contributed by atoms with Crippen molar-refractivity contribution in [2.45, 2.75) is 38.6 Å². The van der Waals surface area contributed by atoms with Gasteiger partial charge in [-0.15, -0.1) is 0 Å². The van der Waals surface area contributed by atoms with Crippen molar-refractivity contribution in [3.63, 3.8) is 0 Å². The molecule has 8 heteroatoms. The van der Waals surface area contributed by atoms with Gasteiger partial charge in [-0.2, -0.15) is 0 Å². The van der Waals surface area contributed by atoms with E-state index in [0.29, 0.717) is 29.8 Å². The van der Waals surface area contributed by atoms with Gasteiger partial charge >= 0.3 is 6.03 Å². The lowest BCUT2D eigenvalue weighted by Crippen LogP contribution is -2.55. The standard InChI is InChI=1S/C22H19FN4O3/c1-13-11-15(5-7-18(13)24-3)26-20(29)22(9-4-10-22)27(21(26)30)16-6-8-19(17(23)12-16)25-14(2)28/h5-8,11-12H,4,9-10H2,1-2H3,(H,25,28). The summed E-state index contributed by atoms with van der Waals surface area (Å²) in [5.41, 5.74) is 0.731. The molecule has 0 radical (unpaired) electrons. The molecule has 1 saturated heterocycles. The van der Waals surface area contributed by atoms with Crippen molar-refractivity contribution >= 4 is 40.6 Å². The number of aryl methyl sites for hydroxylation is 1. The van der Waals surface area contributed by atoms with E-state index in [-0.39, 0.29) is 17.3 Å². The molecule has 2 fully saturated rings. The summed E-state index contributed by atoms with van der Waals surface area (Å²) >= 11 is 0. The fraction of sp³-hybridized carbons (Fsp3) is 0.273. The van der Waals surface area contributed by atoms with Crippen LogP contribution in [0, 0.1) is 19.3 Å². The highest BCUT2D eigenvalue weighted by Crippen LogP contribution is 2.48. The molecule has 1 spiro atoms. The van der Waals surface area contributed by atoms with Gasteiger partial charge in [-0.3, -0.25) is 14.5 Å². The van der Waals surface area contributed by atoms with E-state index >= 15 is 0 Å². The van der Waals surface area contributed by atoms with Crippen LogP contribution in [0.2, 0.25) is 0 Å². The predicted octanol–water partition coefficient (Wildman–Crippen LogP) is 4.54. The number of hydrogen-bond donors (Lipinski definition) is 1. The molecule has 1 heterocycles. The van der Waals surface area contributed by atoms with E-state index in [4.69, 9.17) is 6.57 Å². The first kappa shape index (κ1) is 19.6. The number of carbonyl (C=O) groups excluding carboxylic acids is 3. The molecular formula is C22H19FN4O3. The smallest absolute Gasteiger partial charge is 0.324 e. The van der Waals surface area contributed by atoms with E-state index in [1.807, 2.05) is 0 Å². The summed E-state index contributed by atoms with van der Waals surface area (Å²) in [6, 6.07) is 8.31. The van der Waals surface area contributed by atoms with Crippen LogP contribution < -0.4 is 15.1 Å². The Labute approximate surface area is 172 Å². The minimum Gasteiger partial charge on any atom is -0.324 e. The van der Waals surface area contributed by atoms with Gasteiger partial charge in [0.1, 0.15) is 11.4 Å². The molecule has 0 unspecified atom stereocenters. The monoisotopic (exact) mass is 406 g/mol. The maximum atomic E-state index is 14.5. The molecule has 4 amide bonds. The third-order valence-electron chi connectivity index (χ3n) is 5.67. The number of imide groups is 1. The second kappa shape index (κ2) is 6.95. The highest BCUT2D eigenvalue weighted by atomic mass is 19.1. The highest BCUT2D eigenvalue weighted by molar-refractivity contribution is 6.31. The molecule has 1 saturated carbocycles. The van der Waals surface area contributed by atoms with Gasteiger partial charge in [0.2, 0.25) is 5.91 Å². The second-order valence-corrected chi connectivity index (χ2v) is 7.57. The molecule has 0 aromatic heterocycles. The molecule has 2 aromatic carbocycles. The average molecular weight is 406 g/mol. The molecule has 4 rings (SSSR count). The van der Waals surface area contributed by atoms with E-state index in [1.54, 1.807) is 25.1 Å². The maximum Gasteiger partial charge on any atom is 0.336 e. The Morgan fingerprint density at radius 1 is 1.17 bits per heavy atom. The summed E-state index contributed by atoms with van der Waals surface area (Å²) in [4.78, 5) is 43.8. The molecule has 0 bridgehead atoms. The highest BCUT2D eigenvalue weighted by Gasteiger charge is 2.61. The minimum absolute atomic E-state index is 0.00842. The Kier molecular flexibility index (Phi) is 4.54. The van der Waals surface area contributed by atoms with Crippen LogP contribution in [-0.2, 0) is 9.59 Å². The van der Waals surface area contributed by atoms with Crippen LogP contribution in [-0.4, -0.2) is 23.4 Å². The van der Waals surface area contributed by atoms with E-state index in [9.17, 15) is 18.8 Å². The van der Waals surface area contributed by atoms with Crippen molar-refractivity contribution in [3.05, 3.63) is 59.2 Å². The van der Waals surface area contributed by atoms with Gasteiger partial charge in [-0.1, -0.05) is 6.07 Å². The van der Waals surface area contributed by atoms with Crippen molar-refractivity contribution in [1.82, 2.24) is 0 Å². The Bertz CT molecular complexity index is 1130. The number of nitrogens with one attached hydrogen (secondary N) is 1. The van der Waals surface area contributed by atoms with Crippen molar-refractivity contribution in [1.29, 1.82) is 0 Å². The fourth-order valence-electron chi connectivity index (χ4n) is 4.05. The predicted molar refractivity (Wildman–Crippen MR) is 110 cm³/mol. The third-order valence-corrected chi connectivity index (χ3v) is 5.67. The number of carbonyl (C=O) groups is 3. The van der Waals surface area contributed by atoms with Gasteiger partial charge in [0.15, 0.2) is 5.69 Å². The van der Waals surface area contributed by atoms with E-state index in [2.05, 4.69) is 10.2 Å². The Hall–Kier alpha value is -3.73. The molecule has 1 aliphatic carbocycles. The number of nitrogens with zero attached hydrogens (tertiary/aromatic N) is 3. The minimum atomic E-state index is -1.04. The number of halogens is 1. The molecular weight excluding hydrogens is 387 g/mol. The molecule has 2 aliphatic rings. The first-order valence-electron chi connectivity index (χ1n) is 9.52. The zero-order chi connectivity index (χ0) is 21.6. The fourth-order valence-corrected chi connectivity index (χ4v) is 4.05. The lowest BCUT2D eigenvalue weighted by atomic mass is 9.75. The molecule has 30 heavy (non-hydrogen) atoms. The summed E-state index contributed by atoms with van der Waals surface area (Å²) in [7, 11) is 0. The zero-order valence-electron chi connectivity index (χ0n) is 16.5. The summed E-state index contributed by atoms with van der Waals surface area (Å²) in [6.07, 6.45) is 1.76. The number of anilines is 3. The van der Waals surface area contributed by atoms with E-state index in [1.165, 1.54) is 24.0 Å². The summed E-state index contributed by atoms with van der Waals surface area (Å²) < 4.78 is 14.5. The SMILES string of the molecule is [C-]#[N+]c1ccc(N2C(=O)N(c3ccc(NC(C)=O)c(F)c3)C3(CCC3)C2=O)cc1C. The van der Waals surface area contributed by atoms with E-state index < -0.39 is 23.3 Å². The van der Waals surface area contributed by atoms with Crippen LogP contribution in [0.1, 0.15) is 31.7 Å². The number of urea groups is 1. The van der Waals surface area contributed by atoms with Crippen molar-refractivity contribution in [3.8, 4) is 0 Å².